The van der Waals surface area contributed by atoms with Crippen LogP contribution in [0.2, 0.25) is 0 Å². The van der Waals surface area contributed by atoms with E-state index in [1.807, 2.05) is 27.8 Å². The number of aryl methyl sites for hydroxylation is 2. The second-order valence-electron chi connectivity index (χ2n) is 8.23. The van der Waals surface area contributed by atoms with Gasteiger partial charge in [-0.05, 0) is 65.5 Å². The number of aromatic nitrogens is 2. The monoisotopic (exact) mass is 462 g/mol. The van der Waals surface area contributed by atoms with Crippen molar-refractivity contribution in [3.63, 3.8) is 0 Å². The lowest BCUT2D eigenvalue weighted by Crippen LogP contribution is -2.50. The number of rotatable bonds is 6. The van der Waals surface area contributed by atoms with Gasteiger partial charge in [-0.2, -0.15) is 5.10 Å². The Kier molecular flexibility index (Phi) is 10.6. The maximum atomic E-state index is 12.8. The van der Waals surface area contributed by atoms with Gasteiger partial charge in [0.25, 0.3) is 0 Å². The molecule has 2 saturated heterocycles. The summed E-state index contributed by atoms with van der Waals surface area (Å²) >= 11 is 0. The molecule has 3 rings (SSSR count). The van der Waals surface area contributed by atoms with Crippen molar-refractivity contribution in [2.75, 3.05) is 31.5 Å². The quantitative estimate of drug-likeness (QED) is 0.599. The molecular weight excluding hydrogens is 427 g/mol. The van der Waals surface area contributed by atoms with Crippen molar-refractivity contribution < 1.29 is 9.59 Å². The smallest absolute Gasteiger partial charge is 0.241 e. The van der Waals surface area contributed by atoms with Crippen LogP contribution in [0.5, 0.6) is 0 Å². The van der Waals surface area contributed by atoms with Gasteiger partial charge in [0.15, 0.2) is 0 Å². The van der Waals surface area contributed by atoms with Gasteiger partial charge < -0.3 is 16.0 Å². The molecule has 30 heavy (non-hydrogen) atoms. The van der Waals surface area contributed by atoms with E-state index in [1.54, 1.807) is 4.68 Å². The van der Waals surface area contributed by atoms with Crippen LogP contribution in [0.3, 0.4) is 0 Å². The largest absolute Gasteiger partial charge is 0.354 e. The van der Waals surface area contributed by atoms with E-state index in [0.717, 1.165) is 62.4 Å². The van der Waals surface area contributed by atoms with Crippen LogP contribution in [0, 0.1) is 19.8 Å². The van der Waals surface area contributed by atoms with Gasteiger partial charge in [-0.3, -0.25) is 19.2 Å². The van der Waals surface area contributed by atoms with Crippen LogP contribution >= 0.6 is 24.8 Å². The Morgan fingerprint density at radius 3 is 2.57 bits per heavy atom. The third-order valence-corrected chi connectivity index (χ3v) is 6.18. The average molecular weight is 463 g/mol. The number of anilines is 1. The average Bonchev–Trinajstić information content (AvgIpc) is 3.30. The van der Waals surface area contributed by atoms with E-state index >= 15 is 0 Å². The van der Waals surface area contributed by atoms with Crippen LogP contribution in [-0.2, 0) is 16.6 Å². The molecule has 1 aromatic rings. The molecule has 0 aromatic carbocycles. The highest BCUT2D eigenvalue weighted by Crippen LogP contribution is 2.21. The molecule has 3 heterocycles. The highest BCUT2D eigenvalue weighted by molar-refractivity contribution is 5.95. The summed E-state index contributed by atoms with van der Waals surface area (Å²) in [5.74, 6) is 0.498. The second-order valence-corrected chi connectivity index (χ2v) is 8.23. The molecule has 8 nitrogen and oxygen atoms in total. The number of nitrogens with zero attached hydrogens (tertiary/aromatic N) is 3. The van der Waals surface area contributed by atoms with Crippen LogP contribution < -0.4 is 16.0 Å². The predicted octanol–water partition coefficient (Wildman–Crippen LogP) is 1.79. The fraction of sp³-hybridized carbons (Fsp3) is 0.750. The molecule has 3 N–H and O–H groups in total. The van der Waals surface area contributed by atoms with E-state index < -0.39 is 0 Å². The molecule has 0 saturated carbocycles. The number of likely N-dealkylation sites (tertiary alicyclic amines) is 1. The molecule has 3 unspecified atom stereocenters. The van der Waals surface area contributed by atoms with E-state index in [-0.39, 0.29) is 48.7 Å². The summed E-state index contributed by atoms with van der Waals surface area (Å²) < 4.78 is 1.79. The molecule has 0 bridgehead atoms. The van der Waals surface area contributed by atoms with Crippen molar-refractivity contribution in [2.45, 2.75) is 58.5 Å². The van der Waals surface area contributed by atoms with E-state index in [9.17, 15) is 9.59 Å². The van der Waals surface area contributed by atoms with E-state index in [4.69, 9.17) is 0 Å². The first-order chi connectivity index (χ1) is 13.4. The molecule has 3 atom stereocenters. The molecular formula is C20H36Cl2N6O2. The summed E-state index contributed by atoms with van der Waals surface area (Å²) in [5.41, 5.74) is 2.60. The van der Waals surface area contributed by atoms with Gasteiger partial charge in [-0.25, -0.2) is 0 Å². The van der Waals surface area contributed by atoms with Crippen LogP contribution in [0.15, 0.2) is 0 Å². The summed E-state index contributed by atoms with van der Waals surface area (Å²) in [5, 5.41) is 13.8. The summed E-state index contributed by atoms with van der Waals surface area (Å²) in [6.45, 7) is 9.18. The number of carbonyl (C=O) groups is 2. The summed E-state index contributed by atoms with van der Waals surface area (Å²) in [6, 6.07) is -0.246. The summed E-state index contributed by atoms with van der Waals surface area (Å²) in [7, 11) is 1.88. The Morgan fingerprint density at radius 2 is 1.97 bits per heavy atom. The van der Waals surface area contributed by atoms with Crippen molar-refractivity contribution in [3.05, 3.63) is 11.4 Å². The first-order valence-corrected chi connectivity index (χ1v) is 10.4. The fourth-order valence-electron chi connectivity index (χ4n) is 4.24. The third-order valence-electron chi connectivity index (χ3n) is 6.18. The summed E-state index contributed by atoms with van der Waals surface area (Å²) in [6.07, 6.45) is 4.12. The number of carbonyl (C=O) groups excluding carboxylic acids is 2. The molecule has 172 valence electrons. The van der Waals surface area contributed by atoms with Crippen LogP contribution in [-0.4, -0.2) is 64.8 Å². The lowest BCUT2D eigenvalue weighted by Gasteiger charge is -2.36. The maximum absolute atomic E-state index is 12.8. The Hall–Kier alpha value is -1.35. The van der Waals surface area contributed by atoms with E-state index in [0.29, 0.717) is 12.5 Å². The first kappa shape index (κ1) is 26.7. The number of hydrogen-bond acceptors (Lipinski definition) is 5. The van der Waals surface area contributed by atoms with Gasteiger partial charge >= 0.3 is 0 Å². The molecule has 2 aliphatic rings. The first-order valence-electron chi connectivity index (χ1n) is 10.4. The normalized spacial score (nSPS) is 22.5. The Bertz CT molecular complexity index is 720. The molecule has 0 spiro atoms. The predicted molar refractivity (Wildman–Crippen MR) is 124 cm³/mol. The van der Waals surface area contributed by atoms with E-state index in [1.165, 1.54) is 0 Å². The maximum Gasteiger partial charge on any atom is 0.241 e. The lowest BCUT2D eigenvalue weighted by atomic mass is 9.96. The van der Waals surface area contributed by atoms with Crippen LogP contribution in [0.1, 0.15) is 44.0 Å². The molecule has 1 aromatic heterocycles. The van der Waals surface area contributed by atoms with Crippen LogP contribution in [0.25, 0.3) is 0 Å². The Labute approximate surface area is 191 Å². The summed E-state index contributed by atoms with van der Waals surface area (Å²) in [4.78, 5) is 27.3. The topological polar surface area (TPSA) is 91.3 Å². The van der Waals surface area contributed by atoms with Crippen LogP contribution in [0.4, 0.5) is 5.69 Å². The zero-order chi connectivity index (χ0) is 20.3. The Morgan fingerprint density at radius 1 is 1.23 bits per heavy atom. The van der Waals surface area contributed by atoms with Crippen molar-refractivity contribution in [1.29, 1.82) is 0 Å². The van der Waals surface area contributed by atoms with Crippen molar-refractivity contribution >= 4 is 42.3 Å². The SMILES string of the molecule is Cc1nn(C)c(C)c1NC(=O)C(C)N1CCCC(CNC(=O)C2CCCN2)C1.Cl.Cl. The third kappa shape index (κ3) is 6.33. The molecule has 0 aliphatic carbocycles. The van der Waals surface area contributed by atoms with Crippen molar-refractivity contribution in [2.24, 2.45) is 13.0 Å². The van der Waals surface area contributed by atoms with Gasteiger partial charge in [-0.1, -0.05) is 0 Å². The molecule has 2 amide bonds. The van der Waals surface area contributed by atoms with Gasteiger partial charge in [0.2, 0.25) is 11.8 Å². The fourth-order valence-corrected chi connectivity index (χ4v) is 4.24. The highest BCUT2D eigenvalue weighted by atomic mass is 35.5. The van der Waals surface area contributed by atoms with E-state index in [2.05, 4.69) is 25.9 Å². The lowest BCUT2D eigenvalue weighted by molar-refractivity contribution is -0.124. The van der Waals surface area contributed by atoms with Gasteiger partial charge in [0.05, 0.1) is 29.2 Å². The zero-order valence-corrected chi connectivity index (χ0v) is 20.0. The van der Waals surface area contributed by atoms with Crippen molar-refractivity contribution in [1.82, 2.24) is 25.3 Å². The number of halogens is 2. The molecule has 10 heteroatoms. The zero-order valence-electron chi connectivity index (χ0n) is 18.4. The van der Waals surface area contributed by atoms with Gasteiger partial charge in [0.1, 0.15) is 0 Å². The number of amides is 2. The minimum atomic E-state index is -0.214. The minimum Gasteiger partial charge on any atom is -0.354 e. The number of hydrogen-bond donors (Lipinski definition) is 3. The van der Waals surface area contributed by atoms with Crippen molar-refractivity contribution in [3.8, 4) is 0 Å². The molecule has 2 aliphatic heterocycles. The van der Waals surface area contributed by atoms with Gasteiger partial charge in [0, 0.05) is 20.1 Å². The number of nitrogens with one attached hydrogen (secondary N) is 3. The number of piperidine rings is 1. The second kappa shape index (κ2) is 11.9. The Balaban J connectivity index is 0.00000225. The minimum absolute atomic E-state index is 0. The van der Waals surface area contributed by atoms with Gasteiger partial charge in [-0.15, -0.1) is 24.8 Å². The molecule has 0 radical (unpaired) electrons. The highest BCUT2D eigenvalue weighted by Gasteiger charge is 2.29. The standard InChI is InChI=1S/C20H34N6O2.2ClH/c1-13-18(14(2)25(4)24-13)23-19(27)15(3)26-10-6-7-16(12-26)11-22-20(28)17-8-5-9-21-17;;/h15-17,21H,5-12H2,1-4H3,(H,22,28)(H,23,27);2*1H. The molecule has 2 fully saturated rings.